The Hall–Kier alpha value is -2.51. The predicted molar refractivity (Wildman–Crippen MR) is 92.8 cm³/mol. The van der Waals surface area contributed by atoms with Gasteiger partial charge in [-0.3, -0.25) is 9.78 Å². The molecule has 1 saturated carbocycles. The smallest absolute Gasteiger partial charge is 0.255 e. The monoisotopic (exact) mass is 338 g/mol. The molecule has 1 fully saturated rings. The topological polar surface area (TPSA) is 79.4 Å². The third-order valence-electron chi connectivity index (χ3n) is 4.67. The van der Waals surface area contributed by atoms with Crippen LogP contribution in [0.2, 0.25) is 0 Å². The molecule has 1 unspecified atom stereocenters. The first kappa shape index (κ1) is 13.9. The van der Waals surface area contributed by atoms with Crippen LogP contribution >= 0.6 is 11.3 Å². The molecule has 4 heterocycles. The molecule has 1 aliphatic heterocycles. The molecule has 5 rings (SSSR count). The summed E-state index contributed by atoms with van der Waals surface area (Å²) >= 11 is 1.62. The van der Waals surface area contributed by atoms with Crippen molar-refractivity contribution < 1.29 is 4.84 Å². The third-order valence-corrected chi connectivity index (χ3v) is 5.35. The summed E-state index contributed by atoms with van der Waals surface area (Å²) in [6.45, 7) is 0. The van der Waals surface area contributed by atoms with E-state index < -0.39 is 5.66 Å². The summed E-state index contributed by atoms with van der Waals surface area (Å²) in [6, 6.07) is 5.76. The number of hydroxylamine groups is 1. The van der Waals surface area contributed by atoms with Crippen LogP contribution in [0.3, 0.4) is 0 Å². The first-order valence-electron chi connectivity index (χ1n) is 7.79. The number of hydrogen-bond acceptors (Lipinski definition) is 6. The number of H-pyrrole nitrogens is 1. The van der Waals surface area contributed by atoms with Crippen LogP contribution in [0.15, 0.2) is 44.9 Å². The number of nitrogens with zero attached hydrogens (tertiary/aromatic N) is 2. The predicted octanol–water partition coefficient (Wildman–Crippen LogP) is 2.78. The van der Waals surface area contributed by atoms with Gasteiger partial charge in [-0.15, -0.1) is 5.48 Å². The van der Waals surface area contributed by atoms with Crippen LogP contribution in [0, 0.1) is 5.92 Å². The van der Waals surface area contributed by atoms with Gasteiger partial charge in [0.25, 0.3) is 5.56 Å². The average molecular weight is 338 g/mol. The van der Waals surface area contributed by atoms with Gasteiger partial charge in [0.1, 0.15) is 0 Å². The maximum Gasteiger partial charge on any atom is 0.255 e. The summed E-state index contributed by atoms with van der Waals surface area (Å²) in [5.41, 5.74) is 5.27. The lowest BCUT2D eigenvalue weighted by molar-refractivity contribution is 0.106. The van der Waals surface area contributed by atoms with Gasteiger partial charge in [0.05, 0.1) is 16.8 Å². The maximum absolute atomic E-state index is 12.7. The Morgan fingerprint density at radius 2 is 2.25 bits per heavy atom. The van der Waals surface area contributed by atoms with E-state index in [9.17, 15) is 4.79 Å². The fraction of sp³-hybridized carbons (Fsp3) is 0.235. The summed E-state index contributed by atoms with van der Waals surface area (Å²) in [5.74, 6) is 0.274. The molecule has 0 aromatic carbocycles. The van der Waals surface area contributed by atoms with E-state index in [1.807, 2.05) is 23.6 Å². The molecular weight excluding hydrogens is 324 g/mol. The Bertz CT molecular complexity index is 1010. The normalized spacial score (nSPS) is 22.8. The number of aliphatic imine (C=N–C) groups is 1. The number of aromatic nitrogens is 2. The zero-order chi connectivity index (χ0) is 16.1. The van der Waals surface area contributed by atoms with Gasteiger partial charge in [0, 0.05) is 28.4 Å². The van der Waals surface area contributed by atoms with Crippen molar-refractivity contribution in [2.75, 3.05) is 0 Å². The minimum atomic E-state index is -0.788. The van der Waals surface area contributed by atoms with Crippen molar-refractivity contribution >= 4 is 28.6 Å². The highest BCUT2D eigenvalue weighted by atomic mass is 32.1. The molecule has 2 aliphatic rings. The highest BCUT2D eigenvalue weighted by Crippen LogP contribution is 2.47. The summed E-state index contributed by atoms with van der Waals surface area (Å²) in [4.78, 5) is 29.9. The second-order valence-corrected chi connectivity index (χ2v) is 6.92. The van der Waals surface area contributed by atoms with Gasteiger partial charge in [0.2, 0.25) is 0 Å². The van der Waals surface area contributed by atoms with Gasteiger partial charge in [-0.2, -0.15) is 11.3 Å². The highest BCUT2D eigenvalue weighted by molar-refractivity contribution is 7.08. The van der Waals surface area contributed by atoms with Crippen molar-refractivity contribution in [1.82, 2.24) is 15.4 Å². The third kappa shape index (κ3) is 1.95. The Kier molecular flexibility index (Phi) is 2.89. The van der Waals surface area contributed by atoms with Crippen LogP contribution in [-0.2, 0) is 10.5 Å². The van der Waals surface area contributed by atoms with Crippen LogP contribution in [0.25, 0.3) is 22.2 Å². The average Bonchev–Trinajstić information content (AvgIpc) is 3.12. The van der Waals surface area contributed by atoms with Crippen molar-refractivity contribution in [3.05, 3.63) is 51.1 Å². The molecule has 1 atom stereocenters. The summed E-state index contributed by atoms with van der Waals surface area (Å²) in [7, 11) is 0. The Balaban J connectivity index is 1.79. The van der Waals surface area contributed by atoms with Crippen LogP contribution in [0.1, 0.15) is 18.4 Å². The van der Waals surface area contributed by atoms with Crippen LogP contribution < -0.4 is 11.0 Å². The van der Waals surface area contributed by atoms with E-state index in [-0.39, 0.29) is 11.5 Å². The second-order valence-electron chi connectivity index (χ2n) is 6.14. The van der Waals surface area contributed by atoms with Crippen LogP contribution in [-0.4, -0.2) is 16.4 Å². The summed E-state index contributed by atoms with van der Waals surface area (Å²) in [5, 5.41) is 4.98. The van der Waals surface area contributed by atoms with Crippen molar-refractivity contribution in [1.29, 1.82) is 0 Å². The second kappa shape index (κ2) is 4.99. The highest BCUT2D eigenvalue weighted by Gasteiger charge is 2.51. The van der Waals surface area contributed by atoms with Gasteiger partial charge in [0.15, 0.2) is 12.1 Å². The molecule has 0 bridgehead atoms. The van der Waals surface area contributed by atoms with Crippen LogP contribution in [0.4, 0.5) is 0 Å². The lowest BCUT2D eigenvalue weighted by Gasteiger charge is -2.24. The zero-order valence-electron chi connectivity index (χ0n) is 12.7. The van der Waals surface area contributed by atoms with E-state index in [0.29, 0.717) is 5.56 Å². The number of aromatic amines is 1. The minimum Gasteiger partial charge on any atom is -0.394 e. The number of fused-ring (bicyclic) bond motifs is 1. The van der Waals surface area contributed by atoms with Gasteiger partial charge in [-0.1, -0.05) is 0 Å². The van der Waals surface area contributed by atoms with E-state index in [0.717, 1.165) is 35.0 Å². The Labute approximate surface area is 141 Å². The SMILES string of the molecule is O=c1[nH]c2ccnc(-c3ccsc3)c2cc1C1(C2CC2)N=CON1. The first-order valence-corrected chi connectivity index (χ1v) is 8.74. The van der Waals surface area contributed by atoms with Crippen molar-refractivity contribution in [3.63, 3.8) is 0 Å². The van der Waals surface area contributed by atoms with E-state index >= 15 is 0 Å². The fourth-order valence-corrected chi connectivity index (χ4v) is 3.97. The van der Waals surface area contributed by atoms with Crippen molar-refractivity contribution in [3.8, 4) is 11.3 Å². The molecule has 1 aliphatic carbocycles. The molecule has 2 N–H and O–H groups in total. The molecule has 3 aromatic rings. The number of thiophene rings is 1. The number of pyridine rings is 2. The van der Waals surface area contributed by atoms with Crippen molar-refractivity contribution in [2.24, 2.45) is 10.9 Å². The number of nitrogens with one attached hydrogen (secondary N) is 2. The zero-order valence-corrected chi connectivity index (χ0v) is 13.5. The lowest BCUT2D eigenvalue weighted by atomic mass is 9.95. The summed E-state index contributed by atoms with van der Waals surface area (Å²) in [6.07, 6.45) is 5.15. The molecule has 0 radical (unpaired) electrons. The molecule has 7 heteroatoms. The minimum absolute atomic E-state index is 0.146. The van der Waals surface area contributed by atoms with Gasteiger partial charge in [-0.25, -0.2) is 4.99 Å². The Morgan fingerprint density at radius 3 is 2.96 bits per heavy atom. The molecular formula is C17H14N4O2S. The molecule has 120 valence electrons. The fourth-order valence-electron chi connectivity index (χ4n) is 3.33. The first-order chi connectivity index (χ1) is 11.8. The summed E-state index contributed by atoms with van der Waals surface area (Å²) < 4.78 is 0. The van der Waals surface area contributed by atoms with E-state index in [4.69, 9.17) is 4.84 Å². The molecule has 6 nitrogen and oxygen atoms in total. The number of hydrogen-bond donors (Lipinski definition) is 2. The molecule has 24 heavy (non-hydrogen) atoms. The van der Waals surface area contributed by atoms with Gasteiger partial charge >= 0.3 is 0 Å². The largest absolute Gasteiger partial charge is 0.394 e. The maximum atomic E-state index is 12.7. The van der Waals surface area contributed by atoms with E-state index in [1.54, 1.807) is 17.5 Å². The van der Waals surface area contributed by atoms with Crippen molar-refractivity contribution in [2.45, 2.75) is 18.5 Å². The standard InChI is InChI=1S/C17H14N4O2S/c22-16-13(17(11-1-2-11)19-9-23-21-17)7-12-14(20-16)3-5-18-15(12)10-4-6-24-8-10/h3-9,11,21H,1-2H2,(H,20,22). The van der Waals surface area contributed by atoms with E-state index in [1.165, 1.54) is 6.40 Å². The van der Waals surface area contributed by atoms with Crippen LogP contribution in [0.5, 0.6) is 0 Å². The molecule has 0 spiro atoms. The van der Waals surface area contributed by atoms with E-state index in [2.05, 4.69) is 25.8 Å². The molecule has 3 aromatic heterocycles. The number of rotatable bonds is 3. The molecule has 0 saturated heterocycles. The molecule has 0 amide bonds. The quantitative estimate of drug-likeness (QED) is 0.770. The van der Waals surface area contributed by atoms with Gasteiger partial charge < -0.3 is 9.82 Å². The lowest BCUT2D eigenvalue weighted by Crippen LogP contribution is -2.42. The Morgan fingerprint density at radius 1 is 1.33 bits per heavy atom. The van der Waals surface area contributed by atoms with Gasteiger partial charge in [-0.05, 0) is 36.4 Å².